The summed E-state index contributed by atoms with van der Waals surface area (Å²) in [5.41, 5.74) is 0. The van der Waals surface area contributed by atoms with Crippen LogP contribution >= 0.6 is 0 Å². The summed E-state index contributed by atoms with van der Waals surface area (Å²) < 4.78 is 0. The van der Waals surface area contributed by atoms with Crippen LogP contribution in [0.1, 0.15) is 51.4 Å². The second-order valence-electron chi connectivity index (χ2n) is 9.87. The Labute approximate surface area is 188 Å². The first kappa shape index (κ1) is 18.6. The van der Waals surface area contributed by atoms with Crippen LogP contribution < -0.4 is 10.7 Å². The Balaban J connectivity index is 1.73. The van der Waals surface area contributed by atoms with Crippen LogP contribution in [0.4, 0.5) is 0 Å². The van der Waals surface area contributed by atoms with Crippen molar-refractivity contribution >= 4 is 43.1 Å². The Bertz CT molecular complexity index is 1580. The summed E-state index contributed by atoms with van der Waals surface area (Å²) in [6.07, 6.45) is 10.1. The summed E-state index contributed by atoms with van der Waals surface area (Å²) >= 11 is 0. The lowest BCUT2D eigenvalue weighted by atomic mass is 9.89. The molecular formula is C30H28N2. The monoisotopic (exact) mass is 416 g/mol. The Morgan fingerprint density at radius 1 is 0.531 bits per heavy atom. The molecule has 5 aromatic carbocycles. The number of rotatable bonds is 2. The highest BCUT2D eigenvalue weighted by atomic mass is 14.8. The summed E-state index contributed by atoms with van der Waals surface area (Å²) in [6, 6.07) is 23.5. The molecule has 0 radical (unpaired) electrons. The molecular weight excluding hydrogens is 388 g/mol. The van der Waals surface area contributed by atoms with E-state index in [9.17, 15) is 0 Å². The predicted molar refractivity (Wildman–Crippen MR) is 134 cm³/mol. The number of hydrogen-bond donors (Lipinski definition) is 0. The second-order valence-corrected chi connectivity index (χ2v) is 9.87. The average molecular weight is 417 g/mol. The van der Waals surface area contributed by atoms with Crippen molar-refractivity contribution in [1.82, 2.24) is 0 Å². The van der Waals surface area contributed by atoms with E-state index in [2.05, 4.69) is 60.7 Å². The van der Waals surface area contributed by atoms with Crippen LogP contribution in [0, 0.1) is 0 Å². The van der Waals surface area contributed by atoms with Gasteiger partial charge in [0, 0.05) is 5.39 Å². The van der Waals surface area contributed by atoms with Crippen LogP contribution in [-0.4, -0.2) is 12.1 Å². The number of hydrogen-bond acceptors (Lipinski definition) is 2. The van der Waals surface area contributed by atoms with E-state index >= 15 is 0 Å². The summed E-state index contributed by atoms with van der Waals surface area (Å²) in [4.78, 5) is 10.8. The molecule has 0 aromatic heterocycles. The SMILES string of the molecule is c1cc2cccc3c4c(=NC5CCCC5)c(=NC5CCCC5)cc5cccc(c(c1)c23)c54. The lowest BCUT2D eigenvalue weighted by Crippen LogP contribution is -2.30. The summed E-state index contributed by atoms with van der Waals surface area (Å²) in [5, 5.41) is 13.0. The van der Waals surface area contributed by atoms with Crippen molar-refractivity contribution in [3.8, 4) is 0 Å². The molecule has 7 rings (SSSR count). The molecule has 0 saturated heterocycles. The van der Waals surface area contributed by atoms with Gasteiger partial charge in [-0.3, -0.25) is 9.98 Å². The average Bonchev–Trinajstić information content (AvgIpc) is 3.53. The molecule has 32 heavy (non-hydrogen) atoms. The molecule has 0 unspecified atom stereocenters. The maximum atomic E-state index is 5.46. The van der Waals surface area contributed by atoms with Crippen molar-refractivity contribution in [3.05, 3.63) is 71.4 Å². The molecule has 2 fully saturated rings. The number of fused-ring (bicyclic) bond motifs is 2. The van der Waals surface area contributed by atoms with Crippen molar-refractivity contribution < 1.29 is 0 Å². The highest BCUT2D eigenvalue weighted by Gasteiger charge is 2.19. The lowest BCUT2D eigenvalue weighted by Gasteiger charge is -2.15. The molecule has 2 saturated carbocycles. The maximum absolute atomic E-state index is 5.46. The molecule has 2 heteroatoms. The molecule has 2 aliphatic carbocycles. The fourth-order valence-corrected chi connectivity index (χ4v) is 6.37. The molecule has 0 atom stereocenters. The van der Waals surface area contributed by atoms with Gasteiger partial charge in [0.05, 0.1) is 22.8 Å². The molecule has 0 aliphatic heterocycles. The zero-order chi connectivity index (χ0) is 21.1. The standard InChI is InChI=1S/C30H28N2/c1-2-12-21(11-1)31-26-18-20-10-7-16-24-23-15-5-8-19-9-6-17-25(27(19)23)29(28(20)24)30(26)32-22-13-3-4-14-22/h5-10,15-18,21-22H,1-4,11-14H2. The molecule has 5 aromatic rings. The van der Waals surface area contributed by atoms with Crippen molar-refractivity contribution in [1.29, 1.82) is 0 Å². The Morgan fingerprint density at radius 2 is 1.09 bits per heavy atom. The van der Waals surface area contributed by atoms with Crippen LogP contribution in [0.2, 0.25) is 0 Å². The normalized spacial score (nSPS) is 19.6. The van der Waals surface area contributed by atoms with Crippen LogP contribution in [0.15, 0.2) is 70.6 Å². The first-order valence-corrected chi connectivity index (χ1v) is 12.4. The Morgan fingerprint density at radius 3 is 1.78 bits per heavy atom. The lowest BCUT2D eigenvalue weighted by molar-refractivity contribution is 0.670. The molecule has 0 amide bonds. The summed E-state index contributed by atoms with van der Waals surface area (Å²) in [5.74, 6) is 0. The van der Waals surface area contributed by atoms with E-state index in [-0.39, 0.29) is 0 Å². The van der Waals surface area contributed by atoms with Crippen LogP contribution in [-0.2, 0) is 0 Å². The third-order valence-corrected chi connectivity index (χ3v) is 7.87. The van der Waals surface area contributed by atoms with Crippen LogP contribution in [0.3, 0.4) is 0 Å². The van der Waals surface area contributed by atoms with E-state index in [1.54, 1.807) is 0 Å². The number of nitrogens with zero attached hydrogens (tertiary/aromatic N) is 2. The van der Waals surface area contributed by atoms with Crippen molar-refractivity contribution in [3.63, 3.8) is 0 Å². The largest absolute Gasteiger partial charge is 0.280 e. The van der Waals surface area contributed by atoms with Crippen molar-refractivity contribution in [2.75, 3.05) is 0 Å². The first-order valence-electron chi connectivity index (χ1n) is 12.4. The van der Waals surface area contributed by atoms with Gasteiger partial charge in [0.25, 0.3) is 0 Å². The minimum Gasteiger partial charge on any atom is -0.280 e. The highest BCUT2D eigenvalue weighted by Crippen LogP contribution is 2.38. The van der Waals surface area contributed by atoms with E-state index in [1.165, 1.54) is 94.5 Å². The molecule has 0 bridgehead atoms. The number of benzene rings is 5. The van der Waals surface area contributed by atoms with Crippen LogP contribution in [0.5, 0.6) is 0 Å². The van der Waals surface area contributed by atoms with E-state index < -0.39 is 0 Å². The molecule has 0 spiro atoms. The summed E-state index contributed by atoms with van der Waals surface area (Å²) in [7, 11) is 0. The van der Waals surface area contributed by atoms with Crippen LogP contribution in [0.25, 0.3) is 43.1 Å². The first-order chi connectivity index (χ1) is 15.9. The zero-order valence-corrected chi connectivity index (χ0v) is 18.5. The van der Waals surface area contributed by atoms with E-state index in [0.717, 1.165) is 10.7 Å². The minimum atomic E-state index is 0.435. The van der Waals surface area contributed by atoms with E-state index in [0.29, 0.717) is 12.1 Å². The zero-order valence-electron chi connectivity index (χ0n) is 18.5. The third kappa shape index (κ3) is 2.78. The van der Waals surface area contributed by atoms with Gasteiger partial charge < -0.3 is 0 Å². The van der Waals surface area contributed by atoms with Gasteiger partial charge in [-0.2, -0.15) is 0 Å². The summed E-state index contributed by atoms with van der Waals surface area (Å²) in [6.45, 7) is 0. The smallest absolute Gasteiger partial charge is 0.0915 e. The van der Waals surface area contributed by atoms with Gasteiger partial charge in [-0.05, 0) is 69.5 Å². The fourth-order valence-electron chi connectivity index (χ4n) is 6.37. The fraction of sp³-hybridized carbons (Fsp3) is 0.333. The van der Waals surface area contributed by atoms with Gasteiger partial charge >= 0.3 is 0 Å². The van der Waals surface area contributed by atoms with Gasteiger partial charge in [-0.15, -0.1) is 0 Å². The van der Waals surface area contributed by atoms with Gasteiger partial charge in [0.2, 0.25) is 0 Å². The molecule has 0 heterocycles. The highest BCUT2D eigenvalue weighted by molar-refractivity contribution is 6.32. The molecule has 2 aliphatic rings. The maximum Gasteiger partial charge on any atom is 0.0915 e. The minimum absolute atomic E-state index is 0.435. The Hall–Kier alpha value is -3.00. The molecule has 0 N–H and O–H groups in total. The van der Waals surface area contributed by atoms with Gasteiger partial charge in [-0.25, -0.2) is 0 Å². The predicted octanol–water partition coefficient (Wildman–Crippen LogP) is 6.86. The third-order valence-electron chi connectivity index (χ3n) is 7.87. The molecule has 158 valence electrons. The quantitative estimate of drug-likeness (QED) is 0.222. The second kappa shape index (κ2) is 7.27. The van der Waals surface area contributed by atoms with Gasteiger partial charge in [0.15, 0.2) is 0 Å². The van der Waals surface area contributed by atoms with E-state index in [1.807, 2.05) is 0 Å². The van der Waals surface area contributed by atoms with E-state index in [4.69, 9.17) is 9.98 Å². The van der Waals surface area contributed by atoms with Gasteiger partial charge in [0.1, 0.15) is 0 Å². The molecule has 2 nitrogen and oxygen atoms in total. The van der Waals surface area contributed by atoms with Crippen molar-refractivity contribution in [2.45, 2.75) is 63.5 Å². The van der Waals surface area contributed by atoms with Gasteiger partial charge in [-0.1, -0.05) is 80.3 Å². The van der Waals surface area contributed by atoms with Crippen molar-refractivity contribution in [2.24, 2.45) is 9.98 Å². The topological polar surface area (TPSA) is 24.7 Å². The Kier molecular flexibility index (Phi) is 4.21.